The molecule has 1 N–H and O–H groups in total. The highest BCUT2D eigenvalue weighted by Crippen LogP contribution is 2.31. The van der Waals surface area contributed by atoms with Gasteiger partial charge >= 0.3 is 0 Å². The second-order valence-corrected chi connectivity index (χ2v) is 8.58. The minimum absolute atomic E-state index is 0.0395. The van der Waals surface area contributed by atoms with Crippen molar-refractivity contribution < 1.29 is 14.3 Å². The molecule has 27 heavy (non-hydrogen) atoms. The number of aryl methyl sites for hydroxylation is 1. The van der Waals surface area contributed by atoms with Gasteiger partial charge in [-0.3, -0.25) is 4.79 Å². The van der Waals surface area contributed by atoms with Crippen LogP contribution in [0.3, 0.4) is 0 Å². The molecule has 0 bridgehead atoms. The zero-order chi connectivity index (χ0) is 20.0. The Morgan fingerprint density at radius 2 is 1.81 bits per heavy atom. The maximum absolute atomic E-state index is 12.1. The fourth-order valence-electron chi connectivity index (χ4n) is 2.52. The second-order valence-electron chi connectivity index (χ2n) is 7.73. The van der Waals surface area contributed by atoms with Gasteiger partial charge in [-0.25, -0.2) is 0 Å². The summed E-state index contributed by atoms with van der Waals surface area (Å²) in [6.45, 7) is 10.7. The first-order valence-corrected chi connectivity index (χ1v) is 9.86. The van der Waals surface area contributed by atoms with E-state index in [1.807, 2.05) is 56.3 Å². The lowest BCUT2D eigenvalue weighted by molar-refractivity contribution is -0.123. The fourth-order valence-corrected chi connectivity index (χ4v) is 3.01. The number of ether oxygens (including phenoxy) is 2. The van der Waals surface area contributed by atoms with Crippen molar-refractivity contribution in [1.82, 2.24) is 5.32 Å². The van der Waals surface area contributed by atoms with E-state index in [2.05, 4.69) is 42.0 Å². The van der Waals surface area contributed by atoms with E-state index in [9.17, 15) is 4.79 Å². The van der Waals surface area contributed by atoms with Crippen LogP contribution in [0.15, 0.2) is 46.9 Å². The van der Waals surface area contributed by atoms with Crippen molar-refractivity contribution in [2.45, 2.75) is 46.1 Å². The number of rotatable bonds is 7. The molecule has 1 amide bonds. The predicted molar refractivity (Wildman–Crippen MR) is 113 cm³/mol. The third-order valence-corrected chi connectivity index (χ3v) is 4.77. The van der Waals surface area contributed by atoms with Gasteiger partial charge in [0.05, 0.1) is 10.5 Å². The largest absolute Gasteiger partial charge is 0.491 e. The number of halogens is 1. The molecule has 1 atom stereocenters. The molecule has 0 aliphatic carbocycles. The Hall–Kier alpha value is -2.01. The smallest absolute Gasteiger partial charge is 0.258 e. The van der Waals surface area contributed by atoms with Crippen molar-refractivity contribution in [3.05, 3.63) is 58.1 Å². The Kier molecular flexibility index (Phi) is 7.31. The van der Waals surface area contributed by atoms with E-state index in [-0.39, 0.29) is 24.0 Å². The molecule has 0 aliphatic heterocycles. The van der Waals surface area contributed by atoms with Gasteiger partial charge in [-0.1, -0.05) is 45.0 Å². The van der Waals surface area contributed by atoms with Gasteiger partial charge in [-0.15, -0.1) is 0 Å². The van der Waals surface area contributed by atoms with Crippen LogP contribution in [0.25, 0.3) is 0 Å². The van der Waals surface area contributed by atoms with Crippen molar-refractivity contribution in [3.63, 3.8) is 0 Å². The zero-order valence-corrected chi connectivity index (χ0v) is 18.2. The molecule has 4 nitrogen and oxygen atoms in total. The third kappa shape index (κ3) is 6.58. The van der Waals surface area contributed by atoms with Gasteiger partial charge in [-0.05, 0) is 64.5 Å². The molecule has 0 saturated carbocycles. The number of hydrogen-bond donors (Lipinski definition) is 1. The first-order valence-electron chi connectivity index (χ1n) is 9.07. The van der Waals surface area contributed by atoms with Crippen LogP contribution in [0, 0.1) is 6.92 Å². The second kappa shape index (κ2) is 9.27. The molecule has 1 unspecified atom stereocenters. The maximum atomic E-state index is 12.1. The predicted octanol–water partition coefficient (Wildman–Crippen LogP) is 5.02. The summed E-state index contributed by atoms with van der Waals surface area (Å²) in [6.07, 6.45) is 0. The lowest BCUT2D eigenvalue weighted by atomic mass is 9.87. The van der Waals surface area contributed by atoms with Gasteiger partial charge in [-0.2, -0.15) is 0 Å². The van der Waals surface area contributed by atoms with Gasteiger partial charge in [0.1, 0.15) is 18.1 Å². The molecule has 2 rings (SSSR count). The average Bonchev–Trinajstić information content (AvgIpc) is 2.59. The Morgan fingerprint density at radius 1 is 1.11 bits per heavy atom. The number of nitrogens with one attached hydrogen (secondary N) is 1. The molecule has 0 aliphatic rings. The van der Waals surface area contributed by atoms with Gasteiger partial charge in [0.2, 0.25) is 0 Å². The van der Waals surface area contributed by atoms with Gasteiger partial charge < -0.3 is 14.8 Å². The zero-order valence-electron chi connectivity index (χ0n) is 16.6. The number of hydrogen-bond acceptors (Lipinski definition) is 3. The average molecular weight is 434 g/mol. The highest BCUT2D eigenvalue weighted by molar-refractivity contribution is 9.10. The number of carbonyl (C=O) groups excluding carboxylic acids is 1. The normalized spacial score (nSPS) is 12.4. The van der Waals surface area contributed by atoms with Crippen LogP contribution in [-0.4, -0.2) is 25.2 Å². The van der Waals surface area contributed by atoms with Crippen molar-refractivity contribution >= 4 is 21.8 Å². The summed E-state index contributed by atoms with van der Waals surface area (Å²) in [5, 5.41) is 2.89. The van der Waals surface area contributed by atoms with Crippen molar-refractivity contribution in [1.29, 1.82) is 0 Å². The maximum Gasteiger partial charge on any atom is 0.258 e. The summed E-state index contributed by atoms with van der Waals surface area (Å²) in [5.41, 5.74) is 2.33. The summed E-state index contributed by atoms with van der Waals surface area (Å²) in [6, 6.07) is 13.7. The molecule has 0 saturated heterocycles. The van der Waals surface area contributed by atoms with Crippen molar-refractivity contribution in [2.24, 2.45) is 0 Å². The summed E-state index contributed by atoms with van der Waals surface area (Å²) in [4.78, 5) is 12.1. The molecule has 0 spiro atoms. The van der Waals surface area contributed by atoms with Crippen LogP contribution in [-0.2, 0) is 10.2 Å². The molecule has 0 aromatic heterocycles. The van der Waals surface area contributed by atoms with Crippen LogP contribution in [0.2, 0.25) is 0 Å². The van der Waals surface area contributed by atoms with Gasteiger partial charge in [0, 0.05) is 0 Å². The van der Waals surface area contributed by atoms with Crippen LogP contribution in [0.1, 0.15) is 38.8 Å². The first-order chi connectivity index (χ1) is 12.7. The summed E-state index contributed by atoms with van der Waals surface area (Å²) in [7, 11) is 0. The minimum atomic E-state index is -0.178. The van der Waals surface area contributed by atoms with Gasteiger partial charge in [0.25, 0.3) is 5.91 Å². The quantitative estimate of drug-likeness (QED) is 0.666. The monoisotopic (exact) mass is 433 g/mol. The van der Waals surface area contributed by atoms with E-state index in [0.717, 1.165) is 15.8 Å². The van der Waals surface area contributed by atoms with E-state index in [0.29, 0.717) is 12.4 Å². The topological polar surface area (TPSA) is 47.6 Å². The lowest BCUT2D eigenvalue weighted by Crippen LogP contribution is -2.39. The summed E-state index contributed by atoms with van der Waals surface area (Å²) >= 11 is 3.52. The van der Waals surface area contributed by atoms with Crippen molar-refractivity contribution in [2.75, 3.05) is 13.2 Å². The number of para-hydroxylation sites is 1. The Morgan fingerprint density at radius 3 is 2.44 bits per heavy atom. The highest BCUT2D eigenvalue weighted by atomic mass is 79.9. The SMILES string of the molecule is Cc1ccccc1OCC(C)NC(=O)COc1ccc(C(C)(C)C)cc1Br. The highest BCUT2D eigenvalue weighted by Gasteiger charge is 2.16. The van der Waals surface area contributed by atoms with E-state index >= 15 is 0 Å². The Balaban J connectivity index is 1.81. The number of carbonyl (C=O) groups is 1. The Bertz CT molecular complexity index is 783. The molecule has 0 radical (unpaired) electrons. The molecule has 146 valence electrons. The van der Waals surface area contributed by atoms with E-state index < -0.39 is 0 Å². The Labute approximate surface area is 170 Å². The van der Waals surface area contributed by atoms with Crippen LogP contribution in [0.5, 0.6) is 11.5 Å². The molecule has 0 fully saturated rings. The number of benzene rings is 2. The third-order valence-electron chi connectivity index (χ3n) is 4.15. The minimum Gasteiger partial charge on any atom is -0.491 e. The number of amides is 1. The van der Waals surface area contributed by atoms with Crippen LogP contribution >= 0.6 is 15.9 Å². The molecule has 2 aromatic carbocycles. The molecule has 2 aromatic rings. The fraction of sp³-hybridized carbons (Fsp3) is 0.409. The first kappa shape index (κ1) is 21.3. The van der Waals surface area contributed by atoms with E-state index in [4.69, 9.17) is 9.47 Å². The van der Waals surface area contributed by atoms with Crippen LogP contribution < -0.4 is 14.8 Å². The summed E-state index contributed by atoms with van der Waals surface area (Å²) < 4.78 is 12.3. The summed E-state index contributed by atoms with van der Waals surface area (Å²) in [5.74, 6) is 1.31. The van der Waals surface area contributed by atoms with E-state index in [1.54, 1.807) is 0 Å². The van der Waals surface area contributed by atoms with Crippen LogP contribution in [0.4, 0.5) is 0 Å². The molecular formula is C22H28BrNO3. The van der Waals surface area contributed by atoms with Gasteiger partial charge in [0.15, 0.2) is 6.61 Å². The van der Waals surface area contributed by atoms with E-state index in [1.165, 1.54) is 5.56 Å². The molecule has 5 heteroatoms. The molecule has 0 heterocycles. The van der Waals surface area contributed by atoms with Crippen molar-refractivity contribution in [3.8, 4) is 11.5 Å². The molecular weight excluding hydrogens is 406 g/mol. The lowest BCUT2D eigenvalue weighted by Gasteiger charge is -2.20. The standard InChI is InChI=1S/C22H28BrNO3/c1-15-8-6-7-9-19(15)26-13-16(2)24-21(25)14-27-20-11-10-17(12-18(20)23)22(3,4)5/h6-12,16H,13-14H2,1-5H3,(H,24,25).